The van der Waals surface area contributed by atoms with Crippen LogP contribution in [0.3, 0.4) is 0 Å². The van der Waals surface area contributed by atoms with Gasteiger partial charge in [0.2, 0.25) is 5.91 Å². The van der Waals surface area contributed by atoms with Gasteiger partial charge in [-0.25, -0.2) is 5.01 Å². The van der Waals surface area contributed by atoms with Crippen LogP contribution in [0.25, 0.3) is 0 Å². The molecule has 2 aliphatic heterocycles. The largest absolute Gasteiger partial charge is 0.351 e. The maximum atomic E-state index is 12.5. The van der Waals surface area contributed by atoms with Gasteiger partial charge in [-0.2, -0.15) is 5.10 Å². The number of anilines is 1. The van der Waals surface area contributed by atoms with Crippen LogP contribution in [0, 0.1) is 19.8 Å². The lowest BCUT2D eigenvalue weighted by molar-refractivity contribution is -0.119. The van der Waals surface area contributed by atoms with Gasteiger partial charge in [0.05, 0.1) is 5.69 Å². The zero-order valence-corrected chi connectivity index (χ0v) is 17.3. The highest BCUT2D eigenvalue weighted by Crippen LogP contribution is 2.25. The normalized spacial score (nSPS) is 18.9. The average Bonchev–Trinajstić information content (AvgIpc) is 2.69. The maximum Gasteiger partial charge on any atom is 0.267 e. The molecule has 0 aromatic heterocycles. The van der Waals surface area contributed by atoms with E-state index < -0.39 is 0 Å². The van der Waals surface area contributed by atoms with Crippen LogP contribution in [0.5, 0.6) is 0 Å². The Hall–Kier alpha value is -2.21. The predicted octanol–water partition coefficient (Wildman–Crippen LogP) is 3.02. The molecular formula is C22H32N4O2. The summed E-state index contributed by atoms with van der Waals surface area (Å²) in [6, 6.07) is 5.92. The van der Waals surface area contributed by atoms with Gasteiger partial charge in [0.1, 0.15) is 5.71 Å². The fourth-order valence-electron chi connectivity index (χ4n) is 3.74. The number of benzene rings is 1. The summed E-state index contributed by atoms with van der Waals surface area (Å²) in [6.07, 6.45) is 4.19. The fraction of sp³-hybridized carbons (Fsp3) is 0.591. The minimum absolute atomic E-state index is 0.0652. The predicted molar refractivity (Wildman–Crippen MR) is 113 cm³/mol. The summed E-state index contributed by atoms with van der Waals surface area (Å²) in [5.74, 6) is 0.614. The lowest BCUT2D eigenvalue weighted by Gasteiger charge is -2.30. The smallest absolute Gasteiger partial charge is 0.267 e. The minimum Gasteiger partial charge on any atom is -0.351 e. The van der Waals surface area contributed by atoms with Crippen LogP contribution in [0.4, 0.5) is 5.69 Å². The molecule has 0 radical (unpaired) electrons. The van der Waals surface area contributed by atoms with E-state index in [0.29, 0.717) is 25.1 Å². The Bertz CT molecular complexity index is 751. The Morgan fingerprint density at radius 3 is 2.71 bits per heavy atom. The summed E-state index contributed by atoms with van der Waals surface area (Å²) in [7, 11) is 0. The zero-order chi connectivity index (χ0) is 20.1. The summed E-state index contributed by atoms with van der Waals surface area (Å²) in [4.78, 5) is 27.4. The van der Waals surface area contributed by atoms with Gasteiger partial charge in [-0.3, -0.25) is 9.59 Å². The van der Waals surface area contributed by atoms with Crippen LogP contribution < -0.4 is 10.3 Å². The monoisotopic (exact) mass is 384 g/mol. The topological polar surface area (TPSA) is 65.0 Å². The molecule has 152 valence electrons. The van der Waals surface area contributed by atoms with Crippen molar-refractivity contribution in [1.29, 1.82) is 0 Å². The van der Waals surface area contributed by atoms with Crippen LogP contribution in [-0.4, -0.2) is 48.6 Å². The second-order valence-corrected chi connectivity index (χ2v) is 8.18. The number of carbonyl (C=O) groups is 2. The molecule has 2 aliphatic rings. The average molecular weight is 385 g/mol. The second kappa shape index (κ2) is 9.32. The highest BCUT2D eigenvalue weighted by Gasteiger charge is 2.26. The van der Waals surface area contributed by atoms with Gasteiger partial charge in [0, 0.05) is 19.4 Å². The lowest BCUT2D eigenvalue weighted by atomic mass is 9.99. The lowest BCUT2D eigenvalue weighted by Crippen LogP contribution is -2.40. The van der Waals surface area contributed by atoms with Gasteiger partial charge >= 0.3 is 0 Å². The molecule has 6 heteroatoms. The summed E-state index contributed by atoms with van der Waals surface area (Å²) in [5.41, 5.74) is 3.23. The van der Waals surface area contributed by atoms with Crippen molar-refractivity contribution in [1.82, 2.24) is 10.2 Å². The van der Waals surface area contributed by atoms with E-state index in [2.05, 4.69) is 22.2 Å². The molecule has 2 amide bonds. The third-order valence-electron chi connectivity index (χ3n) is 5.70. The van der Waals surface area contributed by atoms with E-state index in [1.54, 1.807) is 0 Å². The number of piperidine rings is 1. The molecule has 1 aromatic carbocycles. The standard InChI is InChI=1S/C22H32N4O2/c1-16-9-13-25(14-10-16)12-4-11-23-22(28)19-7-8-21(27)26(24-19)20-15-17(2)5-6-18(20)3/h5-6,15-16H,4,7-14H2,1-3H3,(H,23,28). The highest BCUT2D eigenvalue weighted by atomic mass is 16.2. The number of carbonyl (C=O) groups excluding carboxylic acids is 2. The highest BCUT2D eigenvalue weighted by molar-refractivity contribution is 6.40. The molecule has 3 rings (SSSR count). The number of nitrogens with zero attached hydrogens (tertiary/aromatic N) is 3. The van der Waals surface area contributed by atoms with Gasteiger partial charge < -0.3 is 10.2 Å². The quantitative estimate of drug-likeness (QED) is 0.767. The van der Waals surface area contributed by atoms with Crippen molar-refractivity contribution in [3.05, 3.63) is 29.3 Å². The number of amides is 2. The van der Waals surface area contributed by atoms with Crippen LogP contribution in [0.2, 0.25) is 0 Å². The van der Waals surface area contributed by atoms with E-state index >= 15 is 0 Å². The van der Waals surface area contributed by atoms with Crippen molar-refractivity contribution < 1.29 is 9.59 Å². The number of hydrogen-bond donors (Lipinski definition) is 1. The van der Waals surface area contributed by atoms with Crippen molar-refractivity contribution in [3.63, 3.8) is 0 Å². The molecule has 1 fully saturated rings. The summed E-state index contributed by atoms with van der Waals surface area (Å²) < 4.78 is 0. The van der Waals surface area contributed by atoms with Crippen molar-refractivity contribution in [2.75, 3.05) is 31.2 Å². The maximum absolute atomic E-state index is 12.5. The zero-order valence-electron chi connectivity index (χ0n) is 17.3. The third-order valence-corrected chi connectivity index (χ3v) is 5.70. The first-order chi connectivity index (χ1) is 13.4. The van der Waals surface area contributed by atoms with Crippen molar-refractivity contribution >= 4 is 23.2 Å². The number of nitrogens with one attached hydrogen (secondary N) is 1. The van der Waals surface area contributed by atoms with E-state index in [0.717, 1.165) is 48.8 Å². The SMILES string of the molecule is Cc1ccc(C)c(N2N=C(C(=O)NCCCN3CCC(C)CC3)CCC2=O)c1. The number of hydrogen-bond acceptors (Lipinski definition) is 4. The number of hydrazone groups is 1. The first-order valence-electron chi connectivity index (χ1n) is 10.4. The Balaban J connectivity index is 1.54. The number of rotatable bonds is 6. The molecule has 0 bridgehead atoms. The van der Waals surface area contributed by atoms with Gasteiger partial charge in [-0.05, 0) is 75.9 Å². The number of aryl methyl sites for hydroxylation is 2. The molecule has 0 spiro atoms. The van der Waals surface area contributed by atoms with Gasteiger partial charge in [-0.15, -0.1) is 0 Å². The van der Waals surface area contributed by atoms with Crippen LogP contribution in [-0.2, 0) is 9.59 Å². The Kier molecular flexibility index (Phi) is 6.83. The molecule has 0 saturated carbocycles. The van der Waals surface area contributed by atoms with E-state index in [1.165, 1.54) is 17.9 Å². The molecule has 1 saturated heterocycles. The Morgan fingerprint density at radius 1 is 1.21 bits per heavy atom. The van der Waals surface area contributed by atoms with Crippen LogP contribution in [0.1, 0.15) is 50.2 Å². The van der Waals surface area contributed by atoms with Crippen molar-refractivity contribution in [2.45, 2.75) is 52.9 Å². The summed E-state index contributed by atoms with van der Waals surface area (Å²) in [6.45, 7) is 10.2. The molecule has 0 atom stereocenters. The van der Waals surface area contributed by atoms with Gasteiger partial charge in [-0.1, -0.05) is 19.1 Å². The van der Waals surface area contributed by atoms with Gasteiger partial charge in [0.25, 0.3) is 5.91 Å². The van der Waals surface area contributed by atoms with E-state index in [-0.39, 0.29) is 11.8 Å². The van der Waals surface area contributed by atoms with Crippen LogP contribution in [0.15, 0.2) is 23.3 Å². The van der Waals surface area contributed by atoms with Gasteiger partial charge in [0.15, 0.2) is 0 Å². The van der Waals surface area contributed by atoms with E-state index in [4.69, 9.17) is 0 Å². The fourth-order valence-corrected chi connectivity index (χ4v) is 3.74. The molecular weight excluding hydrogens is 352 g/mol. The minimum atomic E-state index is -0.157. The van der Waals surface area contributed by atoms with Crippen LogP contribution >= 0.6 is 0 Å². The molecule has 1 N–H and O–H groups in total. The Morgan fingerprint density at radius 2 is 1.96 bits per heavy atom. The Labute approximate surface area is 168 Å². The van der Waals surface area contributed by atoms with Crippen molar-refractivity contribution in [3.8, 4) is 0 Å². The molecule has 28 heavy (non-hydrogen) atoms. The van der Waals surface area contributed by atoms with Crippen molar-refractivity contribution in [2.24, 2.45) is 11.0 Å². The molecule has 0 aliphatic carbocycles. The second-order valence-electron chi connectivity index (χ2n) is 8.18. The first kappa shape index (κ1) is 20.5. The summed E-state index contributed by atoms with van der Waals surface area (Å²) >= 11 is 0. The summed E-state index contributed by atoms with van der Waals surface area (Å²) in [5, 5.41) is 8.77. The molecule has 1 aromatic rings. The number of likely N-dealkylation sites (tertiary alicyclic amines) is 1. The molecule has 2 heterocycles. The molecule has 0 unspecified atom stereocenters. The van der Waals surface area contributed by atoms with E-state index in [9.17, 15) is 9.59 Å². The first-order valence-corrected chi connectivity index (χ1v) is 10.4. The van der Waals surface area contributed by atoms with E-state index in [1.807, 2.05) is 32.0 Å². The molecule has 6 nitrogen and oxygen atoms in total. The third kappa shape index (κ3) is 5.19.